The molecule has 3 heterocycles. The average molecular weight is 342 g/mol. The number of rotatable bonds is 3. The summed E-state index contributed by atoms with van der Waals surface area (Å²) in [5.74, 6) is 0.405. The SMILES string of the molecule is O=C(Nc1cc(-c2ccc(Br)s2)[nH]n1)[C@H]1CCCO1. The number of carbonyl (C=O) groups excluding carboxylic acids is 1. The number of hydrogen-bond acceptors (Lipinski definition) is 4. The van der Waals surface area contributed by atoms with Crippen LogP contribution in [0.25, 0.3) is 10.6 Å². The maximum absolute atomic E-state index is 11.9. The third-order valence-electron chi connectivity index (χ3n) is 2.89. The summed E-state index contributed by atoms with van der Waals surface area (Å²) in [4.78, 5) is 12.9. The van der Waals surface area contributed by atoms with Crippen molar-refractivity contribution in [3.63, 3.8) is 0 Å². The van der Waals surface area contributed by atoms with Gasteiger partial charge in [0, 0.05) is 12.7 Å². The number of hydrogen-bond donors (Lipinski definition) is 2. The summed E-state index contributed by atoms with van der Waals surface area (Å²) in [7, 11) is 0. The van der Waals surface area contributed by atoms with Gasteiger partial charge in [-0.1, -0.05) is 0 Å². The molecular weight excluding hydrogens is 330 g/mol. The first-order valence-corrected chi connectivity index (χ1v) is 7.57. The second kappa shape index (κ2) is 5.44. The smallest absolute Gasteiger partial charge is 0.254 e. The van der Waals surface area contributed by atoms with E-state index in [-0.39, 0.29) is 12.0 Å². The maximum atomic E-state index is 11.9. The van der Waals surface area contributed by atoms with Crippen LogP contribution in [0.4, 0.5) is 5.82 Å². The number of anilines is 1. The van der Waals surface area contributed by atoms with Crippen molar-refractivity contribution in [1.82, 2.24) is 10.2 Å². The minimum atomic E-state index is -0.337. The van der Waals surface area contributed by atoms with Crippen molar-refractivity contribution >= 4 is 39.0 Å². The highest BCUT2D eigenvalue weighted by atomic mass is 79.9. The number of halogens is 1. The van der Waals surface area contributed by atoms with Gasteiger partial charge in [0.2, 0.25) is 0 Å². The fraction of sp³-hybridized carbons (Fsp3) is 0.333. The van der Waals surface area contributed by atoms with E-state index < -0.39 is 0 Å². The van der Waals surface area contributed by atoms with Crippen LogP contribution in [0.15, 0.2) is 22.0 Å². The van der Waals surface area contributed by atoms with Gasteiger partial charge >= 0.3 is 0 Å². The van der Waals surface area contributed by atoms with Crippen molar-refractivity contribution < 1.29 is 9.53 Å². The Labute approximate surface area is 122 Å². The van der Waals surface area contributed by atoms with Crippen LogP contribution in [-0.4, -0.2) is 28.8 Å². The van der Waals surface area contributed by atoms with Crippen LogP contribution in [-0.2, 0) is 9.53 Å². The van der Waals surface area contributed by atoms with E-state index in [0.29, 0.717) is 12.4 Å². The molecule has 1 atom stereocenters. The quantitative estimate of drug-likeness (QED) is 0.901. The summed E-state index contributed by atoms with van der Waals surface area (Å²) in [6.45, 7) is 0.660. The lowest BCUT2D eigenvalue weighted by Crippen LogP contribution is -2.26. The van der Waals surface area contributed by atoms with E-state index in [4.69, 9.17) is 4.74 Å². The Kier molecular flexibility index (Phi) is 3.67. The number of amides is 1. The van der Waals surface area contributed by atoms with Gasteiger partial charge in [-0.25, -0.2) is 0 Å². The van der Waals surface area contributed by atoms with Gasteiger partial charge in [0.25, 0.3) is 5.91 Å². The number of ether oxygens (including phenoxy) is 1. The second-order valence-electron chi connectivity index (χ2n) is 4.26. The van der Waals surface area contributed by atoms with Crippen LogP contribution < -0.4 is 5.32 Å². The summed E-state index contributed by atoms with van der Waals surface area (Å²) in [5.41, 5.74) is 0.887. The van der Waals surface area contributed by atoms with Crippen LogP contribution in [0, 0.1) is 0 Å². The third-order valence-corrected chi connectivity index (χ3v) is 4.55. The van der Waals surface area contributed by atoms with Gasteiger partial charge in [0.1, 0.15) is 6.10 Å². The topological polar surface area (TPSA) is 67.0 Å². The van der Waals surface area contributed by atoms with Crippen molar-refractivity contribution in [3.8, 4) is 10.6 Å². The Morgan fingerprint density at radius 3 is 3.16 bits per heavy atom. The zero-order chi connectivity index (χ0) is 13.2. The molecule has 19 heavy (non-hydrogen) atoms. The summed E-state index contributed by atoms with van der Waals surface area (Å²) < 4.78 is 6.38. The largest absolute Gasteiger partial charge is 0.368 e. The highest BCUT2D eigenvalue weighted by molar-refractivity contribution is 9.11. The number of aromatic amines is 1. The molecule has 0 aliphatic carbocycles. The van der Waals surface area contributed by atoms with Gasteiger partial charge in [0.15, 0.2) is 5.82 Å². The molecule has 0 saturated carbocycles. The molecule has 0 radical (unpaired) electrons. The molecule has 1 aliphatic rings. The molecular formula is C12H12BrN3O2S. The van der Waals surface area contributed by atoms with Gasteiger partial charge < -0.3 is 10.1 Å². The van der Waals surface area contributed by atoms with Gasteiger partial charge in [-0.05, 0) is 40.9 Å². The van der Waals surface area contributed by atoms with E-state index in [9.17, 15) is 4.79 Å². The zero-order valence-electron chi connectivity index (χ0n) is 9.98. The number of carbonyl (C=O) groups is 1. The second-order valence-corrected chi connectivity index (χ2v) is 6.72. The summed E-state index contributed by atoms with van der Waals surface area (Å²) in [6.07, 6.45) is 1.38. The van der Waals surface area contributed by atoms with Crippen molar-refractivity contribution in [3.05, 3.63) is 22.0 Å². The van der Waals surface area contributed by atoms with Crippen LogP contribution in [0.1, 0.15) is 12.8 Å². The summed E-state index contributed by atoms with van der Waals surface area (Å²) in [5, 5.41) is 9.77. The monoisotopic (exact) mass is 341 g/mol. The van der Waals surface area contributed by atoms with Gasteiger partial charge in [-0.3, -0.25) is 9.89 Å². The first-order chi connectivity index (χ1) is 9.22. The molecule has 5 nitrogen and oxygen atoms in total. The Hall–Kier alpha value is -1.18. The average Bonchev–Trinajstić information content (AvgIpc) is 3.07. The van der Waals surface area contributed by atoms with E-state index in [2.05, 4.69) is 31.4 Å². The molecule has 3 rings (SSSR count). The molecule has 2 aromatic rings. The first kappa shape index (κ1) is 12.8. The predicted octanol–water partition coefficient (Wildman–Crippen LogP) is 3.02. The van der Waals surface area contributed by atoms with Crippen molar-refractivity contribution in [2.75, 3.05) is 11.9 Å². The Morgan fingerprint density at radius 2 is 2.47 bits per heavy atom. The number of aromatic nitrogens is 2. The molecule has 100 valence electrons. The lowest BCUT2D eigenvalue weighted by molar-refractivity contribution is -0.124. The minimum absolute atomic E-state index is 0.122. The van der Waals surface area contributed by atoms with Crippen molar-refractivity contribution in [1.29, 1.82) is 0 Å². The van der Waals surface area contributed by atoms with Crippen LogP contribution in [0.3, 0.4) is 0 Å². The molecule has 0 aromatic carbocycles. The van der Waals surface area contributed by atoms with Crippen LogP contribution in [0.5, 0.6) is 0 Å². The molecule has 2 N–H and O–H groups in total. The van der Waals surface area contributed by atoms with Crippen LogP contribution in [0.2, 0.25) is 0 Å². The standard InChI is InChI=1S/C12H12BrN3O2S/c13-10-4-3-9(19-10)7-6-11(16-15-7)14-12(17)8-2-1-5-18-8/h3-4,6,8H,1-2,5H2,(H2,14,15,16,17)/t8-/m1/s1. The van der Waals surface area contributed by atoms with Crippen LogP contribution >= 0.6 is 27.3 Å². The Morgan fingerprint density at radius 1 is 1.58 bits per heavy atom. The van der Waals surface area contributed by atoms with Crippen molar-refractivity contribution in [2.24, 2.45) is 0 Å². The lowest BCUT2D eigenvalue weighted by Gasteiger charge is -2.07. The number of nitrogens with one attached hydrogen (secondary N) is 2. The number of nitrogens with zero attached hydrogens (tertiary/aromatic N) is 1. The minimum Gasteiger partial charge on any atom is -0.368 e. The third kappa shape index (κ3) is 2.88. The normalized spacial score (nSPS) is 18.7. The molecule has 1 fully saturated rings. The van der Waals surface area contributed by atoms with E-state index in [0.717, 1.165) is 27.2 Å². The molecule has 7 heteroatoms. The highest BCUT2D eigenvalue weighted by Crippen LogP contribution is 2.31. The van der Waals surface area contributed by atoms with E-state index in [1.165, 1.54) is 0 Å². The van der Waals surface area contributed by atoms with E-state index in [1.807, 2.05) is 18.2 Å². The number of thiophene rings is 1. The highest BCUT2D eigenvalue weighted by Gasteiger charge is 2.24. The zero-order valence-corrected chi connectivity index (χ0v) is 12.4. The first-order valence-electron chi connectivity index (χ1n) is 5.96. The maximum Gasteiger partial charge on any atom is 0.254 e. The molecule has 1 saturated heterocycles. The summed E-state index contributed by atoms with van der Waals surface area (Å²) in [6, 6.07) is 5.80. The van der Waals surface area contributed by atoms with E-state index in [1.54, 1.807) is 11.3 Å². The van der Waals surface area contributed by atoms with Gasteiger partial charge in [0.05, 0.1) is 14.4 Å². The fourth-order valence-corrected chi connectivity index (χ4v) is 3.31. The van der Waals surface area contributed by atoms with Gasteiger partial charge in [-0.2, -0.15) is 5.10 Å². The molecule has 0 unspecified atom stereocenters. The number of H-pyrrole nitrogens is 1. The van der Waals surface area contributed by atoms with E-state index >= 15 is 0 Å². The van der Waals surface area contributed by atoms with Gasteiger partial charge in [-0.15, -0.1) is 11.3 Å². The fourth-order valence-electron chi connectivity index (χ4n) is 1.96. The molecule has 1 amide bonds. The van der Waals surface area contributed by atoms with Crippen molar-refractivity contribution in [2.45, 2.75) is 18.9 Å². The molecule has 0 bridgehead atoms. The summed E-state index contributed by atoms with van der Waals surface area (Å²) >= 11 is 5.03. The molecule has 1 aliphatic heterocycles. The lowest BCUT2D eigenvalue weighted by atomic mass is 10.2. The molecule has 0 spiro atoms. The Balaban J connectivity index is 1.69. The Bertz CT molecular complexity index is 589. The predicted molar refractivity (Wildman–Crippen MR) is 77.2 cm³/mol. The molecule has 2 aromatic heterocycles.